The number of imidazole rings is 1. The van der Waals surface area contributed by atoms with Crippen LogP contribution in [0.1, 0.15) is 10.5 Å². The molecule has 2 rings (SSSR count). The summed E-state index contributed by atoms with van der Waals surface area (Å²) in [6.45, 7) is 0. The topological polar surface area (TPSA) is 72.7 Å². The standard InChI is InChI=1S/C9H9N5O/c1-14-5-4-12-9(14)13-8(15)7-6-10-2-3-11-7/h2-6H,1H3,(H,12,13,15). The second kappa shape index (κ2) is 3.87. The summed E-state index contributed by atoms with van der Waals surface area (Å²) in [6, 6.07) is 0. The minimum atomic E-state index is -0.322. The van der Waals surface area contributed by atoms with Gasteiger partial charge in [-0.2, -0.15) is 0 Å². The van der Waals surface area contributed by atoms with Crippen molar-refractivity contribution in [2.45, 2.75) is 0 Å². The highest BCUT2D eigenvalue weighted by molar-refractivity contribution is 6.01. The normalized spacial score (nSPS) is 9.93. The van der Waals surface area contributed by atoms with E-state index in [-0.39, 0.29) is 11.6 Å². The molecule has 0 radical (unpaired) electrons. The number of rotatable bonds is 2. The van der Waals surface area contributed by atoms with Crippen LogP contribution in [0.25, 0.3) is 0 Å². The lowest BCUT2D eigenvalue weighted by Gasteiger charge is -2.02. The van der Waals surface area contributed by atoms with E-state index in [1.54, 1.807) is 24.0 Å². The van der Waals surface area contributed by atoms with Gasteiger partial charge in [0.05, 0.1) is 6.20 Å². The highest BCUT2D eigenvalue weighted by Crippen LogP contribution is 2.02. The zero-order valence-corrected chi connectivity index (χ0v) is 8.08. The first-order chi connectivity index (χ1) is 7.27. The minimum absolute atomic E-state index is 0.264. The van der Waals surface area contributed by atoms with Gasteiger partial charge in [-0.1, -0.05) is 0 Å². The Morgan fingerprint density at radius 2 is 2.20 bits per heavy atom. The first kappa shape index (κ1) is 9.32. The molecule has 2 heterocycles. The number of nitrogens with one attached hydrogen (secondary N) is 1. The number of aryl methyl sites for hydroxylation is 1. The Morgan fingerprint density at radius 3 is 2.80 bits per heavy atom. The third kappa shape index (κ3) is 1.98. The summed E-state index contributed by atoms with van der Waals surface area (Å²) in [7, 11) is 1.79. The Labute approximate surface area is 86.0 Å². The molecule has 1 amide bonds. The van der Waals surface area contributed by atoms with Crippen LogP contribution in [0.3, 0.4) is 0 Å². The van der Waals surface area contributed by atoms with Crippen molar-refractivity contribution in [1.82, 2.24) is 19.5 Å². The van der Waals surface area contributed by atoms with Crippen molar-refractivity contribution < 1.29 is 4.79 Å². The molecule has 6 heteroatoms. The largest absolute Gasteiger partial charge is 0.320 e. The summed E-state index contributed by atoms with van der Waals surface area (Å²) >= 11 is 0. The number of amides is 1. The summed E-state index contributed by atoms with van der Waals surface area (Å²) in [5.41, 5.74) is 0.264. The fraction of sp³-hybridized carbons (Fsp3) is 0.111. The van der Waals surface area contributed by atoms with E-state index < -0.39 is 0 Å². The maximum absolute atomic E-state index is 11.6. The van der Waals surface area contributed by atoms with E-state index in [4.69, 9.17) is 0 Å². The zero-order valence-electron chi connectivity index (χ0n) is 8.08. The van der Waals surface area contributed by atoms with Gasteiger partial charge < -0.3 is 4.57 Å². The van der Waals surface area contributed by atoms with Gasteiger partial charge in [0.15, 0.2) is 0 Å². The van der Waals surface area contributed by atoms with E-state index >= 15 is 0 Å². The van der Waals surface area contributed by atoms with Crippen LogP contribution in [0.5, 0.6) is 0 Å². The number of carbonyl (C=O) groups excluding carboxylic acids is 1. The van der Waals surface area contributed by atoms with E-state index in [1.807, 2.05) is 0 Å². The third-order valence-corrected chi connectivity index (χ3v) is 1.84. The molecular formula is C9H9N5O. The van der Waals surface area contributed by atoms with Crippen LogP contribution in [0.2, 0.25) is 0 Å². The average Bonchev–Trinajstić information content (AvgIpc) is 2.66. The first-order valence-electron chi connectivity index (χ1n) is 4.32. The molecule has 0 bridgehead atoms. The van der Waals surface area contributed by atoms with Crippen LogP contribution in [0, 0.1) is 0 Å². The summed E-state index contributed by atoms with van der Waals surface area (Å²) in [6.07, 6.45) is 7.72. The SMILES string of the molecule is Cn1ccnc1NC(=O)c1cnccn1. The summed E-state index contributed by atoms with van der Waals surface area (Å²) in [4.78, 5) is 23.2. The van der Waals surface area contributed by atoms with Crippen molar-refractivity contribution >= 4 is 11.9 Å². The Morgan fingerprint density at radius 1 is 1.33 bits per heavy atom. The summed E-state index contributed by atoms with van der Waals surface area (Å²) < 4.78 is 1.70. The molecule has 15 heavy (non-hydrogen) atoms. The van der Waals surface area contributed by atoms with Crippen LogP contribution in [0.15, 0.2) is 31.0 Å². The number of aromatic nitrogens is 4. The predicted molar refractivity (Wildman–Crippen MR) is 53.2 cm³/mol. The second-order valence-corrected chi connectivity index (χ2v) is 2.91. The summed E-state index contributed by atoms with van der Waals surface area (Å²) in [5, 5.41) is 2.62. The van der Waals surface area contributed by atoms with Gasteiger partial charge in [-0.15, -0.1) is 0 Å². The molecule has 76 valence electrons. The lowest BCUT2D eigenvalue weighted by atomic mass is 10.4. The van der Waals surface area contributed by atoms with Crippen molar-refractivity contribution in [3.8, 4) is 0 Å². The summed E-state index contributed by atoms with van der Waals surface area (Å²) in [5.74, 6) is 0.156. The van der Waals surface area contributed by atoms with E-state index in [2.05, 4.69) is 20.3 Å². The van der Waals surface area contributed by atoms with Gasteiger partial charge in [-0.3, -0.25) is 15.1 Å². The molecule has 0 saturated carbocycles. The number of anilines is 1. The Kier molecular flexibility index (Phi) is 2.40. The van der Waals surface area contributed by atoms with E-state index in [0.29, 0.717) is 5.95 Å². The molecule has 0 fully saturated rings. The van der Waals surface area contributed by atoms with Gasteiger partial charge in [0, 0.05) is 31.8 Å². The fourth-order valence-corrected chi connectivity index (χ4v) is 1.07. The zero-order chi connectivity index (χ0) is 10.7. The number of nitrogens with zero attached hydrogens (tertiary/aromatic N) is 4. The smallest absolute Gasteiger partial charge is 0.278 e. The molecule has 0 aliphatic heterocycles. The molecule has 1 N–H and O–H groups in total. The second-order valence-electron chi connectivity index (χ2n) is 2.91. The van der Waals surface area contributed by atoms with Gasteiger partial charge >= 0.3 is 0 Å². The molecule has 0 saturated heterocycles. The minimum Gasteiger partial charge on any atom is -0.320 e. The maximum Gasteiger partial charge on any atom is 0.278 e. The highest BCUT2D eigenvalue weighted by Gasteiger charge is 2.09. The van der Waals surface area contributed by atoms with Crippen LogP contribution >= 0.6 is 0 Å². The van der Waals surface area contributed by atoms with Crippen LogP contribution < -0.4 is 5.32 Å². The molecule has 0 unspecified atom stereocenters. The third-order valence-electron chi connectivity index (χ3n) is 1.84. The van der Waals surface area contributed by atoms with Crippen LogP contribution in [-0.2, 0) is 7.05 Å². The van der Waals surface area contributed by atoms with Gasteiger partial charge in [-0.25, -0.2) is 9.97 Å². The van der Waals surface area contributed by atoms with Crippen molar-refractivity contribution in [3.05, 3.63) is 36.7 Å². The van der Waals surface area contributed by atoms with Crippen molar-refractivity contribution in [3.63, 3.8) is 0 Å². The molecular weight excluding hydrogens is 194 g/mol. The molecule has 0 aromatic carbocycles. The molecule has 2 aromatic heterocycles. The fourth-order valence-electron chi connectivity index (χ4n) is 1.07. The lowest BCUT2D eigenvalue weighted by Crippen LogP contribution is -2.16. The van der Waals surface area contributed by atoms with Gasteiger partial charge in [0.1, 0.15) is 5.69 Å². The monoisotopic (exact) mass is 203 g/mol. The Bertz CT molecular complexity index is 464. The quantitative estimate of drug-likeness (QED) is 0.769. The maximum atomic E-state index is 11.6. The van der Waals surface area contributed by atoms with E-state index in [1.165, 1.54) is 18.6 Å². The Hall–Kier alpha value is -2.24. The van der Waals surface area contributed by atoms with Gasteiger partial charge in [0.2, 0.25) is 5.95 Å². The van der Waals surface area contributed by atoms with Crippen molar-refractivity contribution in [2.75, 3.05) is 5.32 Å². The lowest BCUT2D eigenvalue weighted by molar-refractivity contribution is 0.102. The average molecular weight is 203 g/mol. The molecule has 0 atom stereocenters. The van der Waals surface area contributed by atoms with Crippen molar-refractivity contribution in [1.29, 1.82) is 0 Å². The van der Waals surface area contributed by atoms with Crippen LogP contribution in [0.4, 0.5) is 5.95 Å². The first-order valence-corrected chi connectivity index (χ1v) is 4.32. The number of hydrogen-bond donors (Lipinski definition) is 1. The number of hydrogen-bond acceptors (Lipinski definition) is 4. The molecule has 0 aliphatic carbocycles. The molecule has 0 spiro atoms. The molecule has 2 aromatic rings. The van der Waals surface area contributed by atoms with Gasteiger partial charge in [0.25, 0.3) is 5.91 Å². The predicted octanol–water partition coefficient (Wildman–Crippen LogP) is 0.462. The van der Waals surface area contributed by atoms with Gasteiger partial charge in [-0.05, 0) is 0 Å². The van der Waals surface area contributed by atoms with Crippen LogP contribution in [-0.4, -0.2) is 25.4 Å². The molecule has 6 nitrogen and oxygen atoms in total. The van der Waals surface area contributed by atoms with E-state index in [0.717, 1.165) is 0 Å². The Balaban J connectivity index is 2.15. The van der Waals surface area contributed by atoms with Crippen molar-refractivity contribution in [2.24, 2.45) is 7.05 Å². The highest BCUT2D eigenvalue weighted by atomic mass is 16.2. The number of carbonyl (C=O) groups is 1. The van der Waals surface area contributed by atoms with E-state index in [9.17, 15) is 4.79 Å². The molecule has 0 aliphatic rings.